The zero-order chi connectivity index (χ0) is 25.7. The molecule has 4 rings (SSSR count). The van der Waals surface area contributed by atoms with Crippen LogP contribution < -0.4 is 16.0 Å². The Labute approximate surface area is 216 Å². The van der Waals surface area contributed by atoms with Gasteiger partial charge in [-0.25, -0.2) is 0 Å². The van der Waals surface area contributed by atoms with Gasteiger partial charge in [-0.05, 0) is 113 Å². The molecule has 0 heterocycles. The Balaban J connectivity index is 1.47. The molecule has 36 heavy (non-hydrogen) atoms. The van der Waals surface area contributed by atoms with Gasteiger partial charge in [-0.15, -0.1) is 0 Å². The Morgan fingerprint density at radius 2 is 0.694 bits per heavy atom. The monoisotopic (exact) mass is 495 g/mol. The molecule has 0 aromatic heterocycles. The van der Waals surface area contributed by atoms with Crippen molar-refractivity contribution < 1.29 is 14.4 Å². The standard InChI is InChI=1S/C30H45N3O3/c1-19-4-10-22(11-5-19)28(34)31-25-16-26(32-29(35)23-12-6-20(2)7-13-23)18-27(17-25)33-30(36)24-14-8-21(3)9-15-24/h16-24H,4-15H2,1-3H3,(H,31,34)(H,32,35)(H,33,36)/t19-,20-,21-,22-,23+,24+. The lowest BCUT2D eigenvalue weighted by molar-refractivity contribution is -0.121. The first-order valence-electron chi connectivity index (χ1n) is 14.3. The smallest absolute Gasteiger partial charge is 0.227 e. The first kappa shape index (κ1) is 26.7. The van der Waals surface area contributed by atoms with E-state index in [-0.39, 0.29) is 35.5 Å². The van der Waals surface area contributed by atoms with Gasteiger partial charge in [0.2, 0.25) is 17.7 Å². The second-order valence-electron chi connectivity index (χ2n) is 12.1. The van der Waals surface area contributed by atoms with Crippen molar-refractivity contribution >= 4 is 34.8 Å². The third-order valence-electron chi connectivity index (χ3n) is 8.90. The van der Waals surface area contributed by atoms with E-state index in [1.54, 1.807) is 0 Å². The number of rotatable bonds is 6. The molecule has 3 saturated carbocycles. The van der Waals surface area contributed by atoms with E-state index in [1.165, 1.54) is 0 Å². The zero-order valence-electron chi connectivity index (χ0n) is 22.4. The van der Waals surface area contributed by atoms with Crippen LogP contribution in [0.4, 0.5) is 17.1 Å². The van der Waals surface area contributed by atoms with Gasteiger partial charge in [0.05, 0.1) is 0 Å². The van der Waals surface area contributed by atoms with Gasteiger partial charge in [-0.2, -0.15) is 0 Å². The summed E-state index contributed by atoms with van der Waals surface area (Å²) < 4.78 is 0. The van der Waals surface area contributed by atoms with Gasteiger partial charge >= 0.3 is 0 Å². The molecule has 1 aromatic rings. The Kier molecular flexibility index (Phi) is 9.08. The highest BCUT2D eigenvalue weighted by Gasteiger charge is 2.27. The Morgan fingerprint density at radius 3 is 0.917 bits per heavy atom. The highest BCUT2D eigenvalue weighted by molar-refractivity contribution is 5.99. The van der Waals surface area contributed by atoms with Crippen LogP contribution in [0.3, 0.4) is 0 Å². The third-order valence-corrected chi connectivity index (χ3v) is 8.90. The highest BCUT2D eigenvalue weighted by atomic mass is 16.2. The van der Waals surface area contributed by atoms with Crippen molar-refractivity contribution in [3.05, 3.63) is 18.2 Å². The molecule has 6 heteroatoms. The van der Waals surface area contributed by atoms with E-state index in [0.29, 0.717) is 34.8 Å². The van der Waals surface area contributed by atoms with Crippen molar-refractivity contribution in [1.82, 2.24) is 0 Å². The summed E-state index contributed by atoms with van der Waals surface area (Å²) in [5.74, 6) is 2.20. The average Bonchev–Trinajstić information content (AvgIpc) is 2.85. The van der Waals surface area contributed by atoms with Crippen molar-refractivity contribution in [2.75, 3.05) is 16.0 Å². The number of nitrogens with one attached hydrogen (secondary N) is 3. The normalized spacial score (nSPS) is 30.8. The van der Waals surface area contributed by atoms with Crippen LogP contribution in [0.1, 0.15) is 97.8 Å². The van der Waals surface area contributed by atoms with E-state index >= 15 is 0 Å². The fourth-order valence-electron chi connectivity index (χ4n) is 6.14. The molecule has 3 aliphatic carbocycles. The number of amides is 3. The van der Waals surface area contributed by atoms with Crippen LogP contribution in [0.15, 0.2) is 18.2 Å². The number of hydrogen-bond acceptors (Lipinski definition) is 3. The predicted molar refractivity (Wildman–Crippen MR) is 146 cm³/mol. The molecule has 0 aliphatic heterocycles. The van der Waals surface area contributed by atoms with Gasteiger partial charge < -0.3 is 16.0 Å². The van der Waals surface area contributed by atoms with Crippen molar-refractivity contribution in [2.24, 2.45) is 35.5 Å². The molecule has 3 fully saturated rings. The van der Waals surface area contributed by atoms with Crippen molar-refractivity contribution in [2.45, 2.75) is 97.8 Å². The third kappa shape index (κ3) is 7.33. The van der Waals surface area contributed by atoms with Crippen LogP contribution in [0.2, 0.25) is 0 Å². The minimum atomic E-state index is 0.0194. The average molecular weight is 496 g/mol. The summed E-state index contributed by atoms with van der Waals surface area (Å²) in [5.41, 5.74) is 1.88. The predicted octanol–water partition coefficient (Wildman–Crippen LogP) is 6.98. The van der Waals surface area contributed by atoms with Gasteiger partial charge in [0.1, 0.15) is 0 Å². The maximum absolute atomic E-state index is 13.0. The highest BCUT2D eigenvalue weighted by Crippen LogP contribution is 2.33. The largest absolute Gasteiger partial charge is 0.326 e. The van der Waals surface area contributed by atoms with Crippen molar-refractivity contribution in [3.8, 4) is 0 Å². The first-order chi connectivity index (χ1) is 17.3. The summed E-state index contributed by atoms with van der Waals surface area (Å²) >= 11 is 0. The minimum absolute atomic E-state index is 0.0194. The molecule has 3 N–H and O–H groups in total. The molecule has 0 radical (unpaired) electrons. The number of carbonyl (C=O) groups is 3. The minimum Gasteiger partial charge on any atom is -0.326 e. The summed E-state index contributed by atoms with van der Waals surface area (Å²) in [6, 6.07) is 5.47. The molecule has 3 amide bonds. The fraction of sp³-hybridized carbons (Fsp3) is 0.700. The topological polar surface area (TPSA) is 87.3 Å². The molecule has 198 valence electrons. The number of carbonyl (C=O) groups excluding carboxylic acids is 3. The molecule has 0 spiro atoms. The summed E-state index contributed by atoms with van der Waals surface area (Å²) in [6.45, 7) is 6.74. The summed E-state index contributed by atoms with van der Waals surface area (Å²) in [5, 5.41) is 9.25. The van der Waals surface area contributed by atoms with Crippen molar-refractivity contribution in [3.63, 3.8) is 0 Å². The number of benzene rings is 1. The molecule has 1 aromatic carbocycles. The Bertz CT molecular complexity index is 790. The Hall–Kier alpha value is -2.37. The molecule has 3 aliphatic rings. The molecule has 0 atom stereocenters. The quantitative estimate of drug-likeness (QED) is 0.398. The van der Waals surface area contributed by atoms with Crippen LogP contribution in [-0.2, 0) is 14.4 Å². The molecular formula is C30H45N3O3. The van der Waals surface area contributed by atoms with Crippen LogP contribution in [-0.4, -0.2) is 17.7 Å². The van der Waals surface area contributed by atoms with Crippen LogP contribution in [0, 0.1) is 35.5 Å². The second-order valence-corrected chi connectivity index (χ2v) is 12.1. The van der Waals surface area contributed by atoms with Gasteiger partial charge in [-0.3, -0.25) is 14.4 Å². The van der Waals surface area contributed by atoms with Crippen LogP contribution in [0.25, 0.3) is 0 Å². The Morgan fingerprint density at radius 1 is 0.472 bits per heavy atom. The van der Waals surface area contributed by atoms with Crippen molar-refractivity contribution in [1.29, 1.82) is 0 Å². The number of anilines is 3. The van der Waals surface area contributed by atoms with Crippen LogP contribution in [0.5, 0.6) is 0 Å². The van der Waals surface area contributed by atoms with Gasteiger partial charge in [-0.1, -0.05) is 20.8 Å². The number of hydrogen-bond donors (Lipinski definition) is 3. The van der Waals surface area contributed by atoms with E-state index in [1.807, 2.05) is 18.2 Å². The maximum atomic E-state index is 13.0. The molecule has 0 unspecified atom stereocenters. The molecule has 6 nitrogen and oxygen atoms in total. The zero-order valence-corrected chi connectivity index (χ0v) is 22.4. The van der Waals surface area contributed by atoms with E-state index in [4.69, 9.17) is 0 Å². The van der Waals surface area contributed by atoms with E-state index in [2.05, 4.69) is 36.7 Å². The lowest BCUT2D eigenvalue weighted by Gasteiger charge is -2.27. The van der Waals surface area contributed by atoms with Gasteiger partial charge in [0.15, 0.2) is 0 Å². The molecular weight excluding hydrogens is 450 g/mol. The lowest BCUT2D eigenvalue weighted by atomic mass is 9.82. The fourth-order valence-corrected chi connectivity index (χ4v) is 6.14. The summed E-state index contributed by atoms with van der Waals surface area (Å²) in [7, 11) is 0. The SMILES string of the molecule is C[C@H]1CC[C@H](C(=O)Nc2cc(NC(=O)[C@H]3CC[C@@H](C)CC3)cc(NC(=O)[C@H]3CC[C@@H](C)CC3)c2)CC1. The summed E-state index contributed by atoms with van der Waals surface area (Å²) in [6.07, 6.45) is 11.9. The summed E-state index contributed by atoms with van der Waals surface area (Å²) in [4.78, 5) is 39.0. The van der Waals surface area contributed by atoms with Gasteiger partial charge in [0, 0.05) is 34.8 Å². The molecule has 0 saturated heterocycles. The first-order valence-corrected chi connectivity index (χ1v) is 14.3. The van der Waals surface area contributed by atoms with E-state index in [0.717, 1.165) is 77.0 Å². The maximum Gasteiger partial charge on any atom is 0.227 e. The lowest BCUT2D eigenvalue weighted by Crippen LogP contribution is -2.28. The van der Waals surface area contributed by atoms with Crippen LogP contribution >= 0.6 is 0 Å². The van der Waals surface area contributed by atoms with E-state index < -0.39 is 0 Å². The van der Waals surface area contributed by atoms with Gasteiger partial charge in [0.25, 0.3) is 0 Å². The second kappa shape index (κ2) is 12.2. The van der Waals surface area contributed by atoms with E-state index in [9.17, 15) is 14.4 Å². The molecule has 0 bridgehead atoms.